The molecule has 0 radical (unpaired) electrons. The summed E-state index contributed by atoms with van der Waals surface area (Å²) in [5.41, 5.74) is 1.10. The van der Waals surface area contributed by atoms with E-state index in [1.54, 1.807) is 13.2 Å². The van der Waals surface area contributed by atoms with E-state index >= 15 is 0 Å². The van der Waals surface area contributed by atoms with Gasteiger partial charge in [0.05, 0.1) is 7.11 Å². The van der Waals surface area contributed by atoms with Gasteiger partial charge in [-0.15, -0.1) is 0 Å². The van der Waals surface area contributed by atoms with E-state index in [-0.39, 0.29) is 5.97 Å². The van der Waals surface area contributed by atoms with E-state index in [0.29, 0.717) is 11.5 Å². The molecule has 0 unspecified atom stereocenters. The van der Waals surface area contributed by atoms with Crippen molar-refractivity contribution >= 4 is 28.6 Å². The smallest absolute Gasteiger partial charge is 0.308 e. The van der Waals surface area contributed by atoms with Crippen LogP contribution in [0.2, 0.25) is 0 Å². The van der Waals surface area contributed by atoms with Gasteiger partial charge in [-0.25, -0.2) is 0 Å². The predicted molar refractivity (Wildman–Crippen MR) is 61.8 cm³/mol. The van der Waals surface area contributed by atoms with Gasteiger partial charge in [0.25, 0.3) is 0 Å². The lowest BCUT2D eigenvalue weighted by Gasteiger charge is -2.09. The Labute approximate surface area is 96.5 Å². The Morgan fingerprint density at radius 1 is 1.36 bits per heavy atom. The number of aryl methyl sites for hydroxylation is 1. The van der Waals surface area contributed by atoms with Crippen molar-refractivity contribution in [2.45, 2.75) is 13.8 Å². The van der Waals surface area contributed by atoms with Gasteiger partial charge >= 0.3 is 5.97 Å². The molecule has 0 fully saturated rings. The van der Waals surface area contributed by atoms with Crippen molar-refractivity contribution < 1.29 is 14.3 Å². The Morgan fingerprint density at radius 2 is 2.00 bits per heavy atom. The van der Waals surface area contributed by atoms with Crippen LogP contribution in [0.1, 0.15) is 12.5 Å². The van der Waals surface area contributed by atoms with Gasteiger partial charge in [0, 0.05) is 10.5 Å². The van der Waals surface area contributed by atoms with Crippen molar-refractivity contribution in [3.8, 4) is 11.5 Å². The first kappa shape index (κ1) is 11.3. The predicted octanol–water partition coefficient (Wildman–Crippen LogP) is 2.53. The van der Waals surface area contributed by atoms with Crippen LogP contribution in [-0.2, 0) is 4.79 Å². The van der Waals surface area contributed by atoms with Crippen molar-refractivity contribution in [2.24, 2.45) is 0 Å². The number of halogens is 1. The normalized spacial score (nSPS) is 9.71. The van der Waals surface area contributed by atoms with Crippen molar-refractivity contribution in [1.29, 1.82) is 0 Å². The van der Waals surface area contributed by atoms with E-state index in [1.807, 2.05) is 13.0 Å². The van der Waals surface area contributed by atoms with Crippen molar-refractivity contribution in [1.82, 2.24) is 0 Å². The number of ether oxygens (including phenoxy) is 2. The second-order valence-corrected chi connectivity index (χ2v) is 4.01. The Hall–Kier alpha value is -0.780. The number of rotatable bonds is 2. The van der Waals surface area contributed by atoms with Crippen LogP contribution in [0.4, 0.5) is 0 Å². The Balaban J connectivity index is 3.13. The van der Waals surface area contributed by atoms with Gasteiger partial charge in [0.15, 0.2) is 11.5 Å². The molecule has 0 amide bonds. The van der Waals surface area contributed by atoms with Crippen LogP contribution in [-0.4, -0.2) is 13.1 Å². The van der Waals surface area contributed by atoms with Gasteiger partial charge in [0.1, 0.15) is 0 Å². The summed E-state index contributed by atoms with van der Waals surface area (Å²) in [5.74, 6) is 0.705. The SMILES string of the molecule is COc1cc(C)c(I)cc1OC(C)=O. The van der Waals surface area contributed by atoms with Crippen LogP contribution in [0, 0.1) is 10.5 Å². The van der Waals surface area contributed by atoms with Gasteiger partial charge in [-0.2, -0.15) is 0 Å². The Kier molecular flexibility index (Phi) is 3.74. The lowest BCUT2D eigenvalue weighted by atomic mass is 10.2. The molecule has 0 heterocycles. The molecule has 4 heteroatoms. The summed E-state index contributed by atoms with van der Waals surface area (Å²) in [6.07, 6.45) is 0. The summed E-state index contributed by atoms with van der Waals surface area (Å²) in [6, 6.07) is 3.64. The molecule has 0 saturated carbocycles. The number of hydrogen-bond donors (Lipinski definition) is 0. The highest BCUT2D eigenvalue weighted by molar-refractivity contribution is 14.1. The first-order chi connectivity index (χ1) is 6.54. The molecule has 0 aliphatic rings. The lowest BCUT2D eigenvalue weighted by Crippen LogP contribution is -2.03. The molecule has 0 saturated heterocycles. The molecule has 0 aliphatic heterocycles. The van der Waals surface area contributed by atoms with E-state index in [9.17, 15) is 4.79 Å². The van der Waals surface area contributed by atoms with E-state index in [1.165, 1.54) is 6.92 Å². The summed E-state index contributed by atoms with van der Waals surface area (Å²) in [7, 11) is 1.55. The quantitative estimate of drug-likeness (QED) is 0.478. The van der Waals surface area contributed by atoms with Gasteiger partial charge in [-0.1, -0.05) is 0 Å². The largest absolute Gasteiger partial charge is 0.493 e. The highest BCUT2D eigenvalue weighted by atomic mass is 127. The summed E-state index contributed by atoms with van der Waals surface area (Å²) < 4.78 is 11.1. The van der Waals surface area contributed by atoms with Crippen molar-refractivity contribution in [3.05, 3.63) is 21.3 Å². The summed E-state index contributed by atoms with van der Waals surface area (Å²) in [4.78, 5) is 10.8. The highest BCUT2D eigenvalue weighted by Crippen LogP contribution is 2.31. The third-order valence-electron chi connectivity index (χ3n) is 1.70. The van der Waals surface area contributed by atoms with Crippen LogP contribution >= 0.6 is 22.6 Å². The molecule has 0 aliphatic carbocycles. The maximum Gasteiger partial charge on any atom is 0.308 e. The fourth-order valence-corrected chi connectivity index (χ4v) is 1.47. The van der Waals surface area contributed by atoms with Crippen molar-refractivity contribution in [3.63, 3.8) is 0 Å². The molecule has 1 aromatic rings. The summed E-state index contributed by atoms with van der Waals surface area (Å²) in [6.45, 7) is 3.34. The first-order valence-electron chi connectivity index (χ1n) is 4.07. The molecule has 0 N–H and O–H groups in total. The minimum absolute atomic E-state index is 0.344. The average Bonchev–Trinajstić information content (AvgIpc) is 2.10. The lowest BCUT2D eigenvalue weighted by molar-refractivity contribution is -0.132. The number of benzene rings is 1. The minimum Gasteiger partial charge on any atom is -0.493 e. The third-order valence-corrected chi connectivity index (χ3v) is 2.86. The fourth-order valence-electron chi connectivity index (χ4n) is 1.03. The number of carbonyl (C=O) groups excluding carboxylic acids is 1. The van der Waals surface area contributed by atoms with Crippen LogP contribution in [0.3, 0.4) is 0 Å². The maximum absolute atomic E-state index is 10.8. The van der Waals surface area contributed by atoms with Crippen LogP contribution in [0.25, 0.3) is 0 Å². The van der Waals surface area contributed by atoms with Gasteiger partial charge in [-0.3, -0.25) is 4.79 Å². The monoisotopic (exact) mass is 306 g/mol. The van der Waals surface area contributed by atoms with Crippen LogP contribution in [0.5, 0.6) is 11.5 Å². The zero-order chi connectivity index (χ0) is 10.7. The molecule has 1 rings (SSSR count). The number of carbonyl (C=O) groups is 1. The van der Waals surface area contributed by atoms with Gasteiger partial charge < -0.3 is 9.47 Å². The van der Waals surface area contributed by atoms with E-state index in [4.69, 9.17) is 9.47 Å². The standard InChI is InChI=1S/C10H11IO3/c1-6-4-9(13-3)10(5-8(6)11)14-7(2)12/h4-5H,1-3H3. The highest BCUT2D eigenvalue weighted by Gasteiger charge is 2.09. The zero-order valence-electron chi connectivity index (χ0n) is 8.26. The number of hydrogen-bond acceptors (Lipinski definition) is 3. The average molecular weight is 306 g/mol. The molecule has 0 atom stereocenters. The molecular weight excluding hydrogens is 295 g/mol. The van der Waals surface area contributed by atoms with Gasteiger partial charge in [0.2, 0.25) is 0 Å². The molecule has 0 spiro atoms. The van der Waals surface area contributed by atoms with E-state index < -0.39 is 0 Å². The minimum atomic E-state index is -0.344. The molecule has 14 heavy (non-hydrogen) atoms. The second kappa shape index (κ2) is 4.63. The third kappa shape index (κ3) is 2.60. The molecule has 3 nitrogen and oxygen atoms in total. The number of esters is 1. The molecule has 76 valence electrons. The fraction of sp³-hybridized carbons (Fsp3) is 0.300. The van der Waals surface area contributed by atoms with E-state index in [0.717, 1.165) is 9.13 Å². The summed E-state index contributed by atoms with van der Waals surface area (Å²) >= 11 is 2.18. The summed E-state index contributed by atoms with van der Waals surface area (Å²) in [5, 5.41) is 0. The van der Waals surface area contributed by atoms with Gasteiger partial charge in [-0.05, 0) is 47.2 Å². The molecule has 0 bridgehead atoms. The van der Waals surface area contributed by atoms with Crippen LogP contribution in [0.15, 0.2) is 12.1 Å². The van der Waals surface area contributed by atoms with Crippen molar-refractivity contribution in [2.75, 3.05) is 7.11 Å². The molecular formula is C10H11IO3. The van der Waals surface area contributed by atoms with Crippen LogP contribution < -0.4 is 9.47 Å². The molecule has 1 aromatic carbocycles. The van der Waals surface area contributed by atoms with E-state index in [2.05, 4.69) is 22.6 Å². The topological polar surface area (TPSA) is 35.5 Å². The maximum atomic E-state index is 10.8. The molecule has 0 aromatic heterocycles. The Morgan fingerprint density at radius 3 is 2.50 bits per heavy atom. The number of methoxy groups -OCH3 is 1. The zero-order valence-corrected chi connectivity index (χ0v) is 10.4. The first-order valence-corrected chi connectivity index (χ1v) is 5.15. The second-order valence-electron chi connectivity index (χ2n) is 2.85. The Bertz CT molecular complexity index is 361.